The van der Waals surface area contributed by atoms with Gasteiger partial charge >= 0.3 is 0 Å². The quantitative estimate of drug-likeness (QED) is 0.783. The Morgan fingerprint density at radius 1 is 1.00 bits per heavy atom. The molecule has 0 spiro atoms. The van der Waals surface area contributed by atoms with Crippen LogP contribution in [0, 0.1) is 10.8 Å². The molecule has 0 aromatic heterocycles. The highest BCUT2D eigenvalue weighted by molar-refractivity contribution is 5.85. The first-order valence-electron chi connectivity index (χ1n) is 8.38. The van der Waals surface area contributed by atoms with Crippen LogP contribution in [0.15, 0.2) is 36.4 Å². The van der Waals surface area contributed by atoms with Crippen LogP contribution in [0.5, 0.6) is 5.75 Å². The van der Waals surface area contributed by atoms with Gasteiger partial charge in [-0.25, -0.2) is 4.89 Å². The molecule has 24 heavy (non-hydrogen) atoms. The topological polar surface area (TPSA) is 47.9 Å². The first-order valence-corrected chi connectivity index (χ1v) is 8.38. The average molecular weight is 328 g/mol. The van der Waals surface area contributed by atoms with Crippen LogP contribution in [0.25, 0.3) is 10.8 Å². The summed E-state index contributed by atoms with van der Waals surface area (Å²) in [6.45, 7) is 11.1. The monoisotopic (exact) mass is 328 g/mol. The van der Waals surface area contributed by atoms with Gasteiger partial charge in [-0.05, 0) is 22.9 Å². The van der Waals surface area contributed by atoms with Gasteiger partial charge in [-0.15, -0.1) is 0 Å². The third-order valence-corrected chi connectivity index (χ3v) is 5.61. The molecule has 2 heterocycles. The number of phenols is 1. The molecule has 2 aromatic rings. The van der Waals surface area contributed by atoms with Crippen LogP contribution in [-0.4, -0.2) is 17.3 Å². The Morgan fingerprint density at radius 2 is 1.62 bits per heavy atom. The fraction of sp³-hybridized carbons (Fsp3) is 0.500. The van der Waals surface area contributed by atoms with E-state index in [2.05, 4.69) is 34.6 Å². The number of fused-ring (bicyclic) bond motifs is 2. The summed E-state index contributed by atoms with van der Waals surface area (Å²) in [4.78, 5) is 11.5. The highest BCUT2D eigenvalue weighted by atomic mass is 17.3. The minimum Gasteiger partial charge on any atom is -0.507 e. The van der Waals surface area contributed by atoms with Gasteiger partial charge in [-0.1, -0.05) is 58.9 Å². The molecule has 4 nitrogen and oxygen atoms in total. The molecule has 0 saturated carbocycles. The normalized spacial score (nSPS) is 31.7. The molecule has 2 aliphatic heterocycles. The lowest BCUT2D eigenvalue weighted by atomic mass is 9.57. The van der Waals surface area contributed by atoms with Crippen LogP contribution in [0.1, 0.15) is 40.2 Å². The number of benzene rings is 2. The van der Waals surface area contributed by atoms with Gasteiger partial charge in [0.25, 0.3) is 5.79 Å². The van der Waals surface area contributed by atoms with Crippen molar-refractivity contribution in [2.75, 3.05) is 6.61 Å². The highest BCUT2D eigenvalue weighted by Crippen LogP contribution is 2.70. The van der Waals surface area contributed by atoms with E-state index < -0.39 is 11.4 Å². The molecule has 1 N–H and O–H groups in total. The van der Waals surface area contributed by atoms with Gasteiger partial charge in [-0.3, -0.25) is 0 Å². The number of hydrogen-bond acceptors (Lipinski definition) is 4. The molecule has 2 aromatic carbocycles. The van der Waals surface area contributed by atoms with E-state index in [9.17, 15) is 5.11 Å². The Morgan fingerprint density at radius 3 is 2.17 bits per heavy atom. The minimum absolute atomic E-state index is 0.170. The van der Waals surface area contributed by atoms with Crippen LogP contribution in [0.2, 0.25) is 0 Å². The lowest BCUT2D eigenvalue weighted by Gasteiger charge is -2.61. The molecular formula is C20H24O4. The zero-order chi connectivity index (χ0) is 17.4. The van der Waals surface area contributed by atoms with Crippen LogP contribution in [-0.2, 0) is 20.3 Å². The summed E-state index contributed by atoms with van der Waals surface area (Å²) in [7, 11) is 0. The second-order valence-electron chi connectivity index (χ2n) is 8.60. The third-order valence-electron chi connectivity index (χ3n) is 5.61. The Kier molecular flexibility index (Phi) is 2.98. The van der Waals surface area contributed by atoms with Crippen LogP contribution in [0.3, 0.4) is 0 Å². The predicted octanol–water partition coefficient (Wildman–Crippen LogP) is 4.50. The van der Waals surface area contributed by atoms with Gasteiger partial charge < -0.3 is 9.84 Å². The number of phenolic OH excluding ortho intramolecular Hbond substituents is 1. The third kappa shape index (κ3) is 1.64. The Bertz CT molecular complexity index is 820. The molecule has 0 amide bonds. The number of hydrogen-bond donors (Lipinski definition) is 1. The fourth-order valence-electron chi connectivity index (χ4n) is 4.71. The second kappa shape index (κ2) is 4.51. The van der Waals surface area contributed by atoms with E-state index in [-0.39, 0.29) is 16.6 Å². The summed E-state index contributed by atoms with van der Waals surface area (Å²) in [5.74, 6) is -0.925. The van der Waals surface area contributed by atoms with E-state index >= 15 is 0 Å². The van der Waals surface area contributed by atoms with Gasteiger partial charge in [0.1, 0.15) is 5.75 Å². The number of ether oxygens (including phenoxy) is 1. The maximum Gasteiger partial charge on any atom is 0.265 e. The van der Waals surface area contributed by atoms with Crippen LogP contribution >= 0.6 is 0 Å². The summed E-state index contributed by atoms with van der Waals surface area (Å²) in [5, 5.41) is 12.7. The van der Waals surface area contributed by atoms with E-state index in [1.807, 2.05) is 30.3 Å². The Balaban J connectivity index is 1.98. The minimum atomic E-state index is -1.09. The van der Waals surface area contributed by atoms with Gasteiger partial charge in [0.05, 0.1) is 12.2 Å². The van der Waals surface area contributed by atoms with E-state index in [1.165, 1.54) is 0 Å². The van der Waals surface area contributed by atoms with Crippen molar-refractivity contribution in [2.24, 2.45) is 10.8 Å². The molecule has 2 atom stereocenters. The van der Waals surface area contributed by atoms with Gasteiger partial charge in [0.15, 0.2) is 5.60 Å². The largest absolute Gasteiger partial charge is 0.507 e. The van der Waals surface area contributed by atoms with Crippen molar-refractivity contribution in [3.8, 4) is 5.75 Å². The number of aromatic hydroxyl groups is 1. The standard InChI is InChI=1S/C20H24O4/c1-17(2,3)20-18(4,5)12-22-19(20,23-24-20)15-10-13-8-6-7-9-14(13)11-16(15)21/h6-11,21H,12H2,1-5H3/t19-,20-/m0/s1. The van der Waals surface area contributed by atoms with Crippen molar-refractivity contribution in [2.45, 2.75) is 46.0 Å². The fourth-order valence-corrected chi connectivity index (χ4v) is 4.71. The zero-order valence-corrected chi connectivity index (χ0v) is 14.8. The van der Waals surface area contributed by atoms with Crippen molar-refractivity contribution in [3.63, 3.8) is 0 Å². The van der Waals surface area contributed by atoms with E-state index in [0.29, 0.717) is 12.2 Å². The van der Waals surface area contributed by atoms with Gasteiger partial charge in [0.2, 0.25) is 0 Å². The summed E-state index contributed by atoms with van der Waals surface area (Å²) in [6.07, 6.45) is 0. The van der Waals surface area contributed by atoms with E-state index in [0.717, 1.165) is 10.8 Å². The first kappa shape index (κ1) is 15.9. The molecule has 128 valence electrons. The summed E-state index contributed by atoms with van der Waals surface area (Å²) in [5.41, 5.74) is -0.564. The molecule has 4 rings (SSSR count). The highest BCUT2D eigenvalue weighted by Gasteiger charge is 2.81. The maximum absolute atomic E-state index is 10.7. The van der Waals surface area contributed by atoms with E-state index in [1.54, 1.807) is 6.07 Å². The Hall–Kier alpha value is -1.62. The summed E-state index contributed by atoms with van der Waals surface area (Å²) >= 11 is 0. The molecule has 0 bridgehead atoms. The number of rotatable bonds is 1. The van der Waals surface area contributed by atoms with Crippen molar-refractivity contribution >= 4 is 10.8 Å². The molecule has 2 saturated heterocycles. The lowest BCUT2D eigenvalue weighted by molar-refractivity contribution is -0.626. The summed E-state index contributed by atoms with van der Waals surface area (Å²) in [6, 6.07) is 11.7. The molecule has 0 radical (unpaired) electrons. The molecule has 2 fully saturated rings. The van der Waals surface area contributed by atoms with Gasteiger partial charge in [0, 0.05) is 10.8 Å². The van der Waals surface area contributed by atoms with E-state index in [4.69, 9.17) is 14.5 Å². The van der Waals surface area contributed by atoms with Crippen LogP contribution in [0.4, 0.5) is 0 Å². The molecule has 2 aliphatic rings. The molecule has 0 aliphatic carbocycles. The van der Waals surface area contributed by atoms with Crippen molar-refractivity contribution in [1.82, 2.24) is 0 Å². The molecule has 0 unspecified atom stereocenters. The van der Waals surface area contributed by atoms with Crippen molar-refractivity contribution in [1.29, 1.82) is 0 Å². The molecular weight excluding hydrogens is 304 g/mol. The predicted molar refractivity (Wildman–Crippen MR) is 91.4 cm³/mol. The lowest BCUT2D eigenvalue weighted by Crippen LogP contribution is -2.73. The molecule has 4 heteroatoms. The SMILES string of the molecule is CC(C)(C)[C@@]12OO[C@]1(c1cc3ccccc3cc1O)OCC2(C)C. The zero-order valence-electron chi connectivity index (χ0n) is 14.8. The smallest absolute Gasteiger partial charge is 0.265 e. The van der Waals surface area contributed by atoms with Gasteiger partial charge in [-0.2, -0.15) is 4.89 Å². The first-order chi connectivity index (χ1) is 11.1. The average Bonchev–Trinajstić information content (AvgIpc) is 2.61. The van der Waals surface area contributed by atoms with Crippen LogP contribution < -0.4 is 0 Å². The Labute approximate surface area is 142 Å². The van der Waals surface area contributed by atoms with Crippen molar-refractivity contribution < 1.29 is 19.6 Å². The van der Waals surface area contributed by atoms with Crippen molar-refractivity contribution in [3.05, 3.63) is 42.0 Å². The maximum atomic E-state index is 10.7. The second-order valence-corrected chi connectivity index (χ2v) is 8.60. The summed E-state index contributed by atoms with van der Waals surface area (Å²) < 4.78 is 6.19.